The van der Waals surface area contributed by atoms with Crippen molar-refractivity contribution >= 4 is 23.4 Å². The number of hydrogen-bond acceptors (Lipinski definition) is 6. The molecule has 0 aliphatic heterocycles. The van der Waals surface area contributed by atoms with Gasteiger partial charge in [0.1, 0.15) is 5.56 Å². The Morgan fingerprint density at radius 1 is 1.09 bits per heavy atom. The van der Waals surface area contributed by atoms with Gasteiger partial charge in [0, 0.05) is 5.69 Å². The molecule has 2 aromatic rings. The predicted octanol–water partition coefficient (Wildman–Crippen LogP) is 2.51. The lowest BCUT2D eigenvalue weighted by atomic mass is 10.2. The molecule has 0 atom stereocenters. The van der Waals surface area contributed by atoms with Crippen LogP contribution in [0.4, 0.5) is 11.5 Å². The number of carbonyl (C=O) groups excluding carboxylic acids is 2. The second-order valence-electron chi connectivity index (χ2n) is 4.25. The second kappa shape index (κ2) is 7.26. The van der Waals surface area contributed by atoms with E-state index in [4.69, 9.17) is 9.47 Å². The largest absolute Gasteiger partial charge is 0.462 e. The molecule has 116 valence electrons. The first-order chi connectivity index (χ1) is 10.7. The lowest BCUT2D eigenvalue weighted by Gasteiger charge is -2.07. The number of benzene rings is 1. The molecule has 1 heterocycles. The van der Waals surface area contributed by atoms with Gasteiger partial charge in [0.05, 0.1) is 13.2 Å². The molecule has 0 unspecified atom stereocenters. The summed E-state index contributed by atoms with van der Waals surface area (Å²) >= 11 is 0. The molecule has 0 bridgehead atoms. The van der Waals surface area contributed by atoms with Gasteiger partial charge in [-0.2, -0.15) is 5.10 Å². The van der Waals surface area contributed by atoms with Crippen LogP contribution in [0.1, 0.15) is 34.7 Å². The number of H-pyrrole nitrogens is 1. The van der Waals surface area contributed by atoms with Crippen molar-refractivity contribution in [3.8, 4) is 0 Å². The van der Waals surface area contributed by atoms with E-state index in [1.54, 1.807) is 13.8 Å². The maximum Gasteiger partial charge on any atom is 0.357 e. The summed E-state index contributed by atoms with van der Waals surface area (Å²) in [5, 5.41) is 9.49. The minimum Gasteiger partial charge on any atom is -0.462 e. The molecule has 1 aromatic carbocycles. The first-order valence-corrected chi connectivity index (χ1v) is 6.92. The van der Waals surface area contributed by atoms with Crippen LogP contribution in [0.5, 0.6) is 0 Å². The summed E-state index contributed by atoms with van der Waals surface area (Å²) in [5.74, 6) is -1.08. The monoisotopic (exact) mass is 303 g/mol. The first kappa shape index (κ1) is 15.6. The third kappa shape index (κ3) is 3.43. The normalized spacial score (nSPS) is 10.1. The van der Waals surface area contributed by atoms with Gasteiger partial charge in [-0.1, -0.05) is 18.2 Å². The minimum absolute atomic E-state index is 0.0290. The standard InChI is InChI=1S/C15H17N3O4/c1-3-21-14(19)11-12(15(20)22-4-2)17-18-13(11)16-10-8-6-5-7-9-10/h5-9H,3-4H2,1-2H3,(H2,16,17,18). The zero-order valence-corrected chi connectivity index (χ0v) is 12.4. The number of nitrogens with one attached hydrogen (secondary N) is 2. The van der Waals surface area contributed by atoms with Crippen LogP contribution >= 0.6 is 0 Å². The van der Waals surface area contributed by atoms with Crippen LogP contribution in [0, 0.1) is 0 Å². The van der Waals surface area contributed by atoms with Gasteiger partial charge in [-0.25, -0.2) is 9.59 Å². The minimum atomic E-state index is -0.654. The molecule has 2 rings (SSSR count). The van der Waals surface area contributed by atoms with E-state index in [1.807, 2.05) is 30.3 Å². The zero-order valence-electron chi connectivity index (χ0n) is 12.4. The quantitative estimate of drug-likeness (QED) is 0.796. The SMILES string of the molecule is CCOC(=O)c1[nH]nc(Nc2ccccc2)c1C(=O)OCC. The number of rotatable bonds is 6. The summed E-state index contributed by atoms with van der Waals surface area (Å²) in [6.07, 6.45) is 0. The molecule has 0 spiro atoms. The third-order valence-electron chi connectivity index (χ3n) is 2.76. The number of para-hydroxylation sites is 1. The first-order valence-electron chi connectivity index (χ1n) is 6.92. The molecular weight excluding hydrogens is 286 g/mol. The van der Waals surface area contributed by atoms with Gasteiger partial charge in [0.15, 0.2) is 11.5 Å². The van der Waals surface area contributed by atoms with Gasteiger partial charge in [0.2, 0.25) is 0 Å². The summed E-state index contributed by atoms with van der Waals surface area (Å²) in [4.78, 5) is 24.0. The van der Waals surface area contributed by atoms with Crippen LogP contribution in [-0.2, 0) is 9.47 Å². The molecule has 0 aliphatic carbocycles. The van der Waals surface area contributed by atoms with Crippen LogP contribution < -0.4 is 5.32 Å². The predicted molar refractivity (Wildman–Crippen MR) is 80.2 cm³/mol. The summed E-state index contributed by atoms with van der Waals surface area (Å²) in [5.41, 5.74) is 0.734. The molecule has 7 heteroatoms. The zero-order chi connectivity index (χ0) is 15.9. The lowest BCUT2D eigenvalue weighted by Crippen LogP contribution is -2.14. The van der Waals surface area contributed by atoms with E-state index in [-0.39, 0.29) is 30.3 Å². The summed E-state index contributed by atoms with van der Waals surface area (Å²) in [6.45, 7) is 3.76. The van der Waals surface area contributed by atoms with E-state index in [1.165, 1.54) is 0 Å². The number of hydrogen-bond donors (Lipinski definition) is 2. The van der Waals surface area contributed by atoms with E-state index in [2.05, 4.69) is 15.5 Å². The van der Waals surface area contributed by atoms with Gasteiger partial charge in [0.25, 0.3) is 0 Å². The Morgan fingerprint density at radius 2 is 1.73 bits per heavy atom. The van der Waals surface area contributed by atoms with Crippen molar-refractivity contribution < 1.29 is 19.1 Å². The topological polar surface area (TPSA) is 93.3 Å². The Labute approximate surface area is 127 Å². The second-order valence-corrected chi connectivity index (χ2v) is 4.25. The molecule has 0 saturated carbocycles. The Balaban J connectivity index is 2.36. The molecule has 1 aromatic heterocycles. The maximum atomic E-state index is 12.1. The molecule has 0 saturated heterocycles. The van der Waals surface area contributed by atoms with E-state index < -0.39 is 11.9 Å². The molecule has 2 N–H and O–H groups in total. The fourth-order valence-corrected chi connectivity index (χ4v) is 1.84. The molecular formula is C15H17N3O4. The third-order valence-corrected chi connectivity index (χ3v) is 2.76. The van der Waals surface area contributed by atoms with Crippen LogP contribution in [0.25, 0.3) is 0 Å². The van der Waals surface area contributed by atoms with Gasteiger partial charge < -0.3 is 14.8 Å². The molecule has 7 nitrogen and oxygen atoms in total. The van der Waals surface area contributed by atoms with Gasteiger partial charge in [-0.05, 0) is 26.0 Å². The fourth-order valence-electron chi connectivity index (χ4n) is 1.84. The van der Waals surface area contributed by atoms with Crippen molar-refractivity contribution in [2.45, 2.75) is 13.8 Å². The Kier molecular flexibility index (Phi) is 5.13. The smallest absolute Gasteiger partial charge is 0.357 e. The van der Waals surface area contributed by atoms with Crippen molar-refractivity contribution in [3.05, 3.63) is 41.6 Å². The molecule has 0 aliphatic rings. The van der Waals surface area contributed by atoms with Gasteiger partial charge in [-0.15, -0.1) is 0 Å². The maximum absolute atomic E-state index is 12.1. The Bertz CT molecular complexity index is 652. The van der Waals surface area contributed by atoms with E-state index in [0.29, 0.717) is 0 Å². The number of esters is 2. The molecule has 0 amide bonds. The Morgan fingerprint density at radius 3 is 2.36 bits per heavy atom. The highest BCUT2D eigenvalue weighted by atomic mass is 16.5. The number of nitrogens with zero attached hydrogens (tertiary/aromatic N) is 1. The van der Waals surface area contributed by atoms with Gasteiger partial charge in [-0.3, -0.25) is 5.10 Å². The van der Waals surface area contributed by atoms with Crippen molar-refractivity contribution in [2.24, 2.45) is 0 Å². The fraction of sp³-hybridized carbons (Fsp3) is 0.267. The van der Waals surface area contributed by atoms with E-state index in [0.717, 1.165) is 5.69 Å². The average Bonchev–Trinajstić information content (AvgIpc) is 2.92. The highest BCUT2D eigenvalue weighted by molar-refractivity contribution is 6.05. The van der Waals surface area contributed by atoms with Gasteiger partial charge >= 0.3 is 11.9 Å². The van der Waals surface area contributed by atoms with Crippen LogP contribution in [-0.4, -0.2) is 35.3 Å². The molecule has 0 radical (unpaired) electrons. The van der Waals surface area contributed by atoms with E-state index in [9.17, 15) is 9.59 Å². The highest BCUT2D eigenvalue weighted by Crippen LogP contribution is 2.23. The highest BCUT2D eigenvalue weighted by Gasteiger charge is 2.27. The number of carbonyl (C=O) groups is 2. The van der Waals surface area contributed by atoms with Crippen molar-refractivity contribution in [1.82, 2.24) is 10.2 Å². The van der Waals surface area contributed by atoms with Crippen molar-refractivity contribution in [3.63, 3.8) is 0 Å². The number of aromatic nitrogens is 2. The summed E-state index contributed by atoms with van der Waals surface area (Å²) < 4.78 is 9.90. The Hall–Kier alpha value is -2.83. The number of anilines is 2. The molecule has 22 heavy (non-hydrogen) atoms. The van der Waals surface area contributed by atoms with Crippen LogP contribution in [0.15, 0.2) is 30.3 Å². The van der Waals surface area contributed by atoms with Crippen molar-refractivity contribution in [1.29, 1.82) is 0 Å². The van der Waals surface area contributed by atoms with Crippen LogP contribution in [0.3, 0.4) is 0 Å². The van der Waals surface area contributed by atoms with Crippen LogP contribution in [0.2, 0.25) is 0 Å². The average molecular weight is 303 g/mol. The lowest BCUT2D eigenvalue weighted by molar-refractivity contribution is 0.0476. The molecule has 0 fully saturated rings. The summed E-state index contributed by atoms with van der Waals surface area (Å²) in [6, 6.07) is 9.17. The summed E-state index contributed by atoms with van der Waals surface area (Å²) in [7, 11) is 0. The van der Waals surface area contributed by atoms with E-state index >= 15 is 0 Å². The van der Waals surface area contributed by atoms with Crippen molar-refractivity contribution in [2.75, 3.05) is 18.5 Å². The number of aromatic amines is 1. The number of ether oxygens (including phenoxy) is 2.